The number of aromatic nitrogens is 3. The Hall–Kier alpha value is -3.16. The average Bonchev–Trinajstić information content (AvgIpc) is 3.15. The number of benzene rings is 3. The van der Waals surface area contributed by atoms with Gasteiger partial charge in [0.05, 0.1) is 15.6 Å². The summed E-state index contributed by atoms with van der Waals surface area (Å²) in [5.74, 6) is 0. The van der Waals surface area contributed by atoms with Crippen LogP contribution >= 0.6 is 11.6 Å². The molecule has 2 N–H and O–H groups in total. The summed E-state index contributed by atoms with van der Waals surface area (Å²) in [6.45, 7) is 0. The molecule has 0 aliphatic carbocycles. The number of anilines is 1. The summed E-state index contributed by atoms with van der Waals surface area (Å²) in [5.41, 5.74) is 8.01. The number of halogens is 1. The first-order chi connectivity index (χ1) is 13.5. The number of nitrogens with two attached hydrogens (primary N) is 1. The molecule has 4 rings (SSSR count). The SMILES string of the molecule is Nc1ccc(-n2nnc(S(=O)(=O)c3ccccc3Cl)c2-c2ccccc2)cc1. The molecule has 28 heavy (non-hydrogen) atoms. The summed E-state index contributed by atoms with van der Waals surface area (Å²) in [6.07, 6.45) is 0. The predicted octanol–water partition coefficient (Wildman–Crippen LogP) is 4.00. The maximum absolute atomic E-state index is 13.3. The lowest BCUT2D eigenvalue weighted by molar-refractivity contribution is 0.592. The number of nitrogens with zero attached hydrogens (tertiary/aromatic N) is 3. The van der Waals surface area contributed by atoms with Gasteiger partial charge in [-0.15, -0.1) is 5.10 Å². The summed E-state index contributed by atoms with van der Waals surface area (Å²) < 4.78 is 28.1. The van der Waals surface area contributed by atoms with Gasteiger partial charge < -0.3 is 5.73 Å². The molecule has 1 aromatic heterocycles. The van der Waals surface area contributed by atoms with Crippen LogP contribution in [0.25, 0.3) is 16.9 Å². The molecular formula is C20H15ClN4O2S. The minimum Gasteiger partial charge on any atom is -0.399 e. The molecular weight excluding hydrogens is 396 g/mol. The van der Waals surface area contributed by atoms with Crippen molar-refractivity contribution in [1.29, 1.82) is 0 Å². The third-order valence-electron chi connectivity index (χ3n) is 4.20. The zero-order chi connectivity index (χ0) is 19.7. The van der Waals surface area contributed by atoms with Crippen molar-refractivity contribution in [2.45, 2.75) is 9.92 Å². The number of sulfone groups is 1. The van der Waals surface area contributed by atoms with E-state index >= 15 is 0 Å². The molecule has 1 heterocycles. The molecule has 6 nitrogen and oxygen atoms in total. The van der Waals surface area contributed by atoms with E-state index in [1.165, 1.54) is 16.8 Å². The van der Waals surface area contributed by atoms with Crippen LogP contribution < -0.4 is 5.73 Å². The van der Waals surface area contributed by atoms with Crippen molar-refractivity contribution in [3.05, 3.63) is 83.9 Å². The molecule has 0 radical (unpaired) electrons. The molecule has 0 aliphatic rings. The zero-order valence-corrected chi connectivity index (χ0v) is 16.1. The first-order valence-corrected chi connectivity index (χ1v) is 10.2. The summed E-state index contributed by atoms with van der Waals surface area (Å²) in [7, 11) is -3.99. The molecule has 0 unspecified atom stereocenters. The predicted molar refractivity (Wildman–Crippen MR) is 108 cm³/mol. The van der Waals surface area contributed by atoms with E-state index in [1.807, 2.05) is 18.2 Å². The van der Waals surface area contributed by atoms with E-state index in [0.717, 1.165) is 0 Å². The molecule has 0 fully saturated rings. The molecule has 3 aromatic carbocycles. The monoisotopic (exact) mass is 410 g/mol. The molecule has 0 amide bonds. The highest BCUT2D eigenvalue weighted by Gasteiger charge is 2.30. The smallest absolute Gasteiger partial charge is 0.229 e. The van der Waals surface area contributed by atoms with E-state index in [2.05, 4.69) is 10.3 Å². The normalized spacial score (nSPS) is 11.5. The third kappa shape index (κ3) is 3.15. The van der Waals surface area contributed by atoms with Crippen molar-refractivity contribution in [2.75, 3.05) is 5.73 Å². The lowest BCUT2D eigenvalue weighted by atomic mass is 10.1. The summed E-state index contributed by atoms with van der Waals surface area (Å²) in [5, 5.41) is 8.10. The van der Waals surface area contributed by atoms with Crippen molar-refractivity contribution in [1.82, 2.24) is 15.0 Å². The maximum Gasteiger partial charge on any atom is 0.229 e. The Morgan fingerprint density at radius 1 is 0.857 bits per heavy atom. The van der Waals surface area contributed by atoms with Crippen LogP contribution in [0.5, 0.6) is 0 Å². The standard InChI is InChI=1S/C20H15ClN4O2S/c21-17-8-4-5-9-18(17)28(26,27)20-19(14-6-2-1-3-7-14)25(24-23-20)16-12-10-15(22)11-13-16/h1-13H,22H2. The molecule has 0 spiro atoms. The minimum atomic E-state index is -3.99. The summed E-state index contributed by atoms with van der Waals surface area (Å²) >= 11 is 6.15. The Balaban J connectivity index is 1.99. The van der Waals surface area contributed by atoms with Gasteiger partial charge in [0.1, 0.15) is 5.69 Å². The molecule has 4 aromatic rings. The second kappa shape index (κ2) is 7.10. The van der Waals surface area contributed by atoms with Gasteiger partial charge in [0.2, 0.25) is 14.9 Å². The lowest BCUT2D eigenvalue weighted by Crippen LogP contribution is -2.06. The molecule has 0 bridgehead atoms. The largest absolute Gasteiger partial charge is 0.399 e. The van der Waals surface area contributed by atoms with Gasteiger partial charge in [-0.05, 0) is 36.4 Å². The van der Waals surface area contributed by atoms with Crippen molar-refractivity contribution in [3.63, 3.8) is 0 Å². The number of hydrogen-bond acceptors (Lipinski definition) is 5. The van der Waals surface area contributed by atoms with Crippen LogP contribution in [0.15, 0.2) is 88.8 Å². The van der Waals surface area contributed by atoms with Crippen molar-refractivity contribution in [3.8, 4) is 16.9 Å². The van der Waals surface area contributed by atoms with E-state index in [1.54, 1.807) is 48.5 Å². The second-order valence-electron chi connectivity index (χ2n) is 6.05. The Kier molecular flexibility index (Phi) is 4.62. The molecule has 0 atom stereocenters. The fraction of sp³-hybridized carbons (Fsp3) is 0. The number of nitrogen functional groups attached to an aromatic ring is 1. The lowest BCUT2D eigenvalue weighted by Gasteiger charge is -2.10. The number of rotatable bonds is 4. The first-order valence-electron chi connectivity index (χ1n) is 8.35. The van der Waals surface area contributed by atoms with E-state index in [0.29, 0.717) is 22.6 Å². The fourth-order valence-corrected chi connectivity index (χ4v) is 4.69. The van der Waals surface area contributed by atoms with Gasteiger partial charge in [0.15, 0.2) is 0 Å². The average molecular weight is 411 g/mol. The zero-order valence-electron chi connectivity index (χ0n) is 14.5. The van der Waals surface area contributed by atoms with Crippen molar-refractivity contribution in [2.24, 2.45) is 0 Å². The Labute approximate surface area is 167 Å². The van der Waals surface area contributed by atoms with Crippen molar-refractivity contribution >= 4 is 27.1 Å². The van der Waals surface area contributed by atoms with Crippen LogP contribution in [-0.2, 0) is 9.84 Å². The molecule has 140 valence electrons. The minimum absolute atomic E-state index is 0.0156. The molecule has 0 saturated carbocycles. The molecule has 0 saturated heterocycles. The Bertz CT molecular complexity index is 1240. The highest BCUT2D eigenvalue weighted by molar-refractivity contribution is 7.91. The Morgan fingerprint density at radius 3 is 2.18 bits per heavy atom. The second-order valence-corrected chi connectivity index (χ2v) is 8.29. The van der Waals surface area contributed by atoms with Crippen LogP contribution in [0.3, 0.4) is 0 Å². The third-order valence-corrected chi connectivity index (χ3v) is 6.37. The van der Waals surface area contributed by atoms with Gasteiger partial charge in [-0.25, -0.2) is 13.1 Å². The molecule has 8 heteroatoms. The molecule has 0 aliphatic heterocycles. The van der Waals surface area contributed by atoms with Gasteiger partial charge in [0.25, 0.3) is 0 Å². The van der Waals surface area contributed by atoms with Gasteiger partial charge in [-0.2, -0.15) is 0 Å². The van der Waals surface area contributed by atoms with Crippen LogP contribution in [0.2, 0.25) is 5.02 Å². The van der Waals surface area contributed by atoms with Gasteiger partial charge in [-0.3, -0.25) is 0 Å². The quantitative estimate of drug-likeness (QED) is 0.513. The van der Waals surface area contributed by atoms with E-state index in [9.17, 15) is 8.42 Å². The van der Waals surface area contributed by atoms with Crippen LogP contribution in [0.1, 0.15) is 0 Å². The van der Waals surface area contributed by atoms with Gasteiger partial charge >= 0.3 is 0 Å². The van der Waals surface area contributed by atoms with Gasteiger partial charge in [0, 0.05) is 11.3 Å². The summed E-state index contributed by atoms with van der Waals surface area (Å²) in [6, 6.07) is 22.3. The van der Waals surface area contributed by atoms with Crippen LogP contribution in [0.4, 0.5) is 5.69 Å². The Morgan fingerprint density at radius 2 is 1.50 bits per heavy atom. The fourth-order valence-electron chi connectivity index (χ4n) is 2.85. The van der Waals surface area contributed by atoms with E-state index < -0.39 is 9.84 Å². The maximum atomic E-state index is 13.3. The highest BCUT2D eigenvalue weighted by Crippen LogP contribution is 2.34. The van der Waals surface area contributed by atoms with Crippen LogP contribution in [-0.4, -0.2) is 23.4 Å². The first kappa shape index (κ1) is 18.2. The topological polar surface area (TPSA) is 90.9 Å². The van der Waals surface area contributed by atoms with E-state index in [4.69, 9.17) is 17.3 Å². The summed E-state index contributed by atoms with van der Waals surface area (Å²) in [4.78, 5) is -0.0156. The number of hydrogen-bond donors (Lipinski definition) is 1. The van der Waals surface area contributed by atoms with Crippen molar-refractivity contribution < 1.29 is 8.42 Å². The van der Waals surface area contributed by atoms with Crippen LogP contribution in [0, 0.1) is 0 Å². The highest BCUT2D eigenvalue weighted by atomic mass is 35.5. The van der Waals surface area contributed by atoms with Gasteiger partial charge in [-0.1, -0.05) is 59.3 Å². The van der Waals surface area contributed by atoms with E-state index in [-0.39, 0.29) is 14.9 Å².